The molecule has 1 aliphatic heterocycles. The lowest BCUT2D eigenvalue weighted by atomic mass is 9.98. The molecular weight excluding hydrogens is 250 g/mol. The minimum Gasteiger partial charge on any atom is -0.339 e. The number of hydrogen-bond acceptors (Lipinski definition) is 3. The van der Waals surface area contributed by atoms with Gasteiger partial charge in [-0.15, -0.1) is 0 Å². The molecule has 0 radical (unpaired) electrons. The molecule has 0 aliphatic carbocycles. The maximum absolute atomic E-state index is 12.3. The van der Waals surface area contributed by atoms with E-state index in [0.717, 1.165) is 18.5 Å². The van der Waals surface area contributed by atoms with Crippen LogP contribution in [0.5, 0.6) is 0 Å². The van der Waals surface area contributed by atoms with E-state index >= 15 is 0 Å². The number of hydrogen-bond donors (Lipinski definition) is 0. The first-order valence-electron chi connectivity index (χ1n) is 5.93. The van der Waals surface area contributed by atoms with Crippen molar-refractivity contribution in [2.45, 2.75) is 19.8 Å². The van der Waals surface area contributed by atoms with Crippen molar-refractivity contribution in [1.29, 1.82) is 5.26 Å². The van der Waals surface area contributed by atoms with Gasteiger partial charge in [-0.3, -0.25) is 4.79 Å². The van der Waals surface area contributed by atoms with Crippen molar-refractivity contribution >= 4 is 17.5 Å². The second-order valence-electron chi connectivity index (χ2n) is 4.52. The van der Waals surface area contributed by atoms with E-state index in [4.69, 9.17) is 16.9 Å². The van der Waals surface area contributed by atoms with E-state index in [1.54, 1.807) is 17.0 Å². The smallest absolute Gasteiger partial charge is 0.254 e. The molecule has 1 saturated heterocycles. The Morgan fingerprint density at radius 2 is 2.17 bits per heavy atom. The van der Waals surface area contributed by atoms with Crippen molar-refractivity contribution in [1.82, 2.24) is 9.88 Å². The highest BCUT2D eigenvalue weighted by Gasteiger charge is 2.23. The zero-order valence-corrected chi connectivity index (χ0v) is 10.9. The molecule has 0 atom stereocenters. The summed E-state index contributed by atoms with van der Waals surface area (Å²) < 4.78 is 0. The van der Waals surface area contributed by atoms with Crippen molar-refractivity contribution in [3.63, 3.8) is 0 Å². The molecule has 1 aromatic heterocycles. The van der Waals surface area contributed by atoms with E-state index in [1.165, 1.54) is 0 Å². The van der Waals surface area contributed by atoms with Crippen LogP contribution in [0.25, 0.3) is 0 Å². The number of piperidine rings is 1. The average Bonchev–Trinajstić information content (AvgIpc) is 2.37. The number of likely N-dealkylation sites (tertiary alicyclic amines) is 1. The summed E-state index contributed by atoms with van der Waals surface area (Å²) in [5.74, 6) is 0.0515. The van der Waals surface area contributed by atoms with Crippen molar-refractivity contribution in [2.75, 3.05) is 13.1 Å². The van der Waals surface area contributed by atoms with Crippen molar-refractivity contribution in [3.8, 4) is 6.07 Å². The first-order chi connectivity index (χ1) is 8.60. The number of carbonyl (C=O) groups is 1. The van der Waals surface area contributed by atoms with E-state index in [-0.39, 0.29) is 11.8 Å². The molecule has 18 heavy (non-hydrogen) atoms. The molecule has 4 nitrogen and oxygen atoms in total. The second kappa shape index (κ2) is 5.36. The summed E-state index contributed by atoms with van der Waals surface area (Å²) in [5.41, 5.74) is 1.31. The van der Waals surface area contributed by atoms with Crippen LogP contribution in [0.1, 0.15) is 28.9 Å². The molecule has 1 aliphatic rings. The van der Waals surface area contributed by atoms with Gasteiger partial charge >= 0.3 is 0 Å². The Balaban J connectivity index is 2.10. The summed E-state index contributed by atoms with van der Waals surface area (Å²) in [4.78, 5) is 18.1. The summed E-state index contributed by atoms with van der Waals surface area (Å²) >= 11 is 5.85. The second-order valence-corrected chi connectivity index (χ2v) is 4.90. The number of rotatable bonds is 1. The van der Waals surface area contributed by atoms with Gasteiger partial charge in [-0.05, 0) is 31.9 Å². The molecule has 1 amide bonds. The lowest BCUT2D eigenvalue weighted by Gasteiger charge is -2.29. The predicted molar refractivity (Wildman–Crippen MR) is 68.2 cm³/mol. The topological polar surface area (TPSA) is 57.0 Å². The van der Waals surface area contributed by atoms with Crippen LogP contribution in [0.2, 0.25) is 5.15 Å². The van der Waals surface area contributed by atoms with Gasteiger partial charge in [0.15, 0.2) is 0 Å². The highest BCUT2D eigenvalue weighted by molar-refractivity contribution is 6.29. The fourth-order valence-electron chi connectivity index (χ4n) is 2.15. The first-order valence-corrected chi connectivity index (χ1v) is 6.31. The minimum atomic E-state index is -0.0289. The molecule has 0 unspecified atom stereocenters. The number of nitriles is 1. The van der Waals surface area contributed by atoms with Gasteiger partial charge in [0.25, 0.3) is 5.91 Å². The number of carbonyl (C=O) groups excluding carboxylic acids is 1. The number of aryl methyl sites for hydroxylation is 1. The predicted octanol–water partition coefficient (Wildman–Crippen LogP) is 2.42. The molecule has 0 spiro atoms. The standard InChI is InChI=1S/C13H14ClN3O/c1-9-6-11(7-12(14)16-9)13(18)17-4-2-10(8-15)3-5-17/h6-7,10H,2-5H2,1H3. The highest BCUT2D eigenvalue weighted by atomic mass is 35.5. The summed E-state index contributed by atoms with van der Waals surface area (Å²) in [7, 11) is 0. The summed E-state index contributed by atoms with van der Waals surface area (Å²) in [6.07, 6.45) is 1.50. The minimum absolute atomic E-state index is 0.0289. The molecule has 1 aromatic rings. The fraction of sp³-hybridized carbons (Fsp3) is 0.462. The number of amides is 1. The maximum Gasteiger partial charge on any atom is 0.254 e. The monoisotopic (exact) mass is 263 g/mol. The van der Waals surface area contributed by atoms with Gasteiger partial charge in [0.2, 0.25) is 0 Å². The van der Waals surface area contributed by atoms with Crippen molar-refractivity contribution in [3.05, 3.63) is 28.5 Å². The van der Waals surface area contributed by atoms with Crippen LogP contribution in [0.3, 0.4) is 0 Å². The van der Waals surface area contributed by atoms with Crippen LogP contribution >= 0.6 is 11.6 Å². The van der Waals surface area contributed by atoms with Gasteiger partial charge in [0.05, 0.1) is 6.07 Å². The average molecular weight is 264 g/mol. The Morgan fingerprint density at radius 1 is 1.50 bits per heavy atom. The Hall–Kier alpha value is -1.60. The fourth-order valence-corrected chi connectivity index (χ4v) is 2.40. The largest absolute Gasteiger partial charge is 0.339 e. The van der Waals surface area contributed by atoms with Crippen LogP contribution in [0.4, 0.5) is 0 Å². The quantitative estimate of drug-likeness (QED) is 0.731. The maximum atomic E-state index is 12.3. The van der Waals surface area contributed by atoms with Crippen LogP contribution in [-0.4, -0.2) is 28.9 Å². The molecule has 94 valence electrons. The zero-order valence-electron chi connectivity index (χ0n) is 10.2. The Labute approximate surface area is 111 Å². The van der Waals surface area contributed by atoms with Gasteiger partial charge < -0.3 is 4.90 Å². The van der Waals surface area contributed by atoms with Crippen LogP contribution in [0, 0.1) is 24.2 Å². The molecule has 0 saturated carbocycles. The molecule has 2 heterocycles. The molecule has 0 N–H and O–H groups in total. The summed E-state index contributed by atoms with van der Waals surface area (Å²) in [6, 6.07) is 5.58. The normalized spacial score (nSPS) is 16.4. The lowest BCUT2D eigenvalue weighted by Crippen LogP contribution is -2.38. The van der Waals surface area contributed by atoms with E-state index in [9.17, 15) is 4.79 Å². The van der Waals surface area contributed by atoms with Gasteiger partial charge in [0, 0.05) is 30.3 Å². The third-order valence-electron chi connectivity index (χ3n) is 3.13. The van der Waals surface area contributed by atoms with Crippen LogP contribution < -0.4 is 0 Å². The third kappa shape index (κ3) is 2.80. The molecule has 5 heteroatoms. The first kappa shape index (κ1) is 12.8. The van der Waals surface area contributed by atoms with Gasteiger partial charge in [-0.25, -0.2) is 4.98 Å². The Bertz CT molecular complexity index is 481. The van der Waals surface area contributed by atoms with Gasteiger partial charge in [-0.2, -0.15) is 5.26 Å². The summed E-state index contributed by atoms with van der Waals surface area (Å²) in [5, 5.41) is 9.16. The van der Waals surface area contributed by atoms with Crippen molar-refractivity contribution in [2.24, 2.45) is 5.92 Å². The molecule has 1 fully saturated rings. The highest BCUT2D eigenvalue weighted by Crippen LogP contribution is 2.19. The molecular formula is C13H14ClN3O. The molecule has 0 bridgehead atoms. The Morgan fingerprint density at radius 3 is 2.72 bits per heavy atom. The van der Waals surface area contributed by atoms with E-state index in [2.05, 4.69) is 11.1 Å². The summed E-state index contributed by atoms with van der Waals surface area (Å²) in [6.45, 7) is 3.08. The van der Waals surface area contributed by atoms with Crippen molar-refractivity contribution < 1.29 is 4.79 Å². The van der Waals surface area contributed by atoms with E-state index in [0.29, 0.717) is 23.8 Å². The lowest BCUT2D eigenvalue weighted by molar-refractivity contribution is 0.0707. The molecule has 0 aromatic carbocycles. The number of pyridine rings is 1. The van der Waals surface area contributed by atoms with Crippen LogP contribution in [0.15, 0.2) is 12.1 Å². The third-order valence-corrected chi connectivity index (χ3v) is 3.33. The van der Waals surface area contributed by atoms with E-state index < -0.39 is 0 Å². The number of aromatic nitrogens is 1. The van der Waals surface area contributed by atoms with E-state index in [1.807, 2.05) is 6.92 Å². The SMILES string of the molecule is Cc1cc(C(=O)N2CCC(C#N)CC2)cc(Cl)n1. The number of halogens is 1. The zero-order chi connectivity index (χ0) is 13.1. The van der Waals surface area contributed by atoms with Gasteiger partial charge in [0.1, 0.15) is 5.15 Å². The number of nitrogens with zero attached hydrogens (tertiary/aromatic N) is 3. The van der Waals surface area contributed by atoms with Gasteiger partial charge in [-0.1, -0.05) is 11.6 Å². The Kier molecular flexibility index (Phi) is 3.83. The van der Waals surface area contributed by atoms with Crippen LogP contribution in [-0.2, 0) is 0 Å². The molecule has 2 rings (SSSR count).